The fourth-order valence-corrected chi connectivity index (χ4v) is 1.76. The summed E-state index contributed by atoms with van der Waals surface area (Å²) in [5.41, 5.74) is 8.61. The summed E-state index contributed by atoms with van der Waals surface area (Å²) in [6, 6.07) is 11.7. The van der Waals surface area contributed by atoms with Gasteiger partial charge in [0.2, 0.25) is 0 Å². The molecule has 2 rings (SSSR count). The van der Waals surface area contributed by atoms with E-state index in [9.17, 15) is 9.90 Å². The fraction of sp³-hybridized carbons (Fsp3) is 0.133. The van der Waals surface area contributed by atoms with Crippen LogP contribution in [0.1, 0.15) is 15.9 Å². The number of nitrogens with zero attached hydrogens (tertiary/aromatic N) is 1. The standard InChI is InChI=1S/C15H16N2O2/c1-10-3-4-11(9-14(10)16)15(19)17(2)12-5-7-13(18)8-6-12/h3-9,18H,16H2,1-2H3. The Labute approximate surface area is 112 Å². The van der Waals surface area contributed by atoms with Crippen LogP contribution in [0.2, 0.25) is 0 Å². The van der Waals surface area contributed by atoms with Crippen molar-refractivity contribution in [2.45, 2.75) is 6.92 Å². The molecular weight excluding hydrogens is 240 g/mol. The number of amides is 1. The van der Waals surface area contributed by atoms with Crippen LogP contribution in [0, 0.1) is 6.92 Å². The number of hydrogen-bond donors (Lipinski definition) is 2. The number of hydrogen-bond acceptors (Lipinski definition) is 3. The second-order valence-electron chi connectivity index (χ2n) is 4.45. The molecule has 98 valence electrons. The zero-order valence-electron chi connectivity index (χ0n) is 10.9. The van der Waals surface area contributed by atoms with Crippen LogP contribution in [0.4, 0.5) is 11.4 Å². The van der Waals surface area contributed by atoms with Crippen LogP contribution in [0.15, 0.2) is 42.5 Å². The minimum Gasteiger partial charge on any atom is -0.508 e. The Morgan fingerprint density at radius 3 is 2.37 bits per heavy atom. The largest absolute Gasteiger partial charge is 0.508 e. The molecular formula is C15H16N2O2. The lowest BCUT2D eigenvalue weighted by Crippen LogP contribution is -2.26. The molecule has 0 fully saturated rings. The van der Waals surface area contributed by atoms with Crippen LogP contribution in [-0.4, -0.2) is 18.1 Å². The molecule has 0 aliphatic rings. The van der Waals surface area contributed by atoms with Gasteiger partial charge in [0.25, 0.3) is 5.91 Å². The maximum Gasteiger partial charge on any atom is 0.258 e. The molecule has 3 N–H and O–H groups in total. The van der Waals surface area contributed by atoms with Crippen molar-refractivity contribution in [1.29, 1.82) is 0 Å². The highest BCUT2D eigenvalue weighted by Crippen LogP contribution is 2.20. The topological polar surface area (TPSA) is 66.6 Å². The molecule has 0 bridgehead atoms. The lowest BCUT2D eigenvalue weighted by molar-refractivity contribution is 0.0993. The van der Waals surface area contributed by atoms with Crippen LogP contribution in [-0.2, 0) is 0 Å². The average molecular weight is 256 g/mol. The Morgan fingerprint density at radius 1 is 1.16 bits per heavy atom. The molecule has 1 amide bonds. The van der Waals surface area contributed by atoms with Gasteiger partial charge in [-0.2, -0.15) is 0 Å². The quantitative estimate of drug-likeness (QED) is 0.811. The third-order valence-electron chi connectivity index (χ3n) is 3.07. The van der Waals surface area contributed by atoms with Crippen LogP contribution in [0.5, 0.6) is 5.75 Å². The van der Waals surface area contributed by atoms with Crippen molar-refractivity contribution in [2.24, 2.45) is 0 Å². The molecule has 0 saturated carbocycles. The molecule has 0 saturated heterocycles. The Kier molecular flexibility index (Phi) is 3.42. The maximum absolute atomic E-state index is 12.3. The van der Waals surface area contributed by atoms with E-state index in [0.29, 0.717) is 16.9 Å². The van der Waals surface area contributed by atoms with E-state index in [1.165, 1.54) is 4.90 Å². The predicted octanol–water partition coefficient (Wildman–Crippen LogP) is 2.56. The molecule has 0 radical (unpaired) electrons. The highest BCUT2D eigenvalue weighted by Gasteiger charge is 2.14. The van der Waals surface area contributed by atoms with Crippen molar-refractivity contribution in [3.8, 4) is 5.75 Å². The van der Waals surface area contributed by atoms with E-state index in [1.54, 1.807) is 43.4 Å². The van der Waals surface area contributed by atoms with E-state index in [1.807, 2.05) is 13.0 Å². The van der Waals surface area contributed by atoms with E-state index in [-0.39, 0.29) is 11.7 Å². The van der Waals surface area contributed by atoms with Gasteiger partial charge in [-0.3, -0.25) is 4.79 Å². The molecule has 4 nitrogen and oxygen atoms in total. The van der Waals surface area contributed by atoms with E-state index in [4.69, 9.17) is 5.73 Å². The number of rotatable bonds is 2. The summed E-state index contributed by atoms with van der Waals surface area (Å²) in [4.78, 5) is 13.8. The molecule has 0 spiro atoms. The molecule has 0 aliphatic heterocycles. The first kappa shape index (κ1) is 13.0. The van der Waals surface area contributed by atoms with Crippen molar-refractivity contribution in [3.63, 3.8) is 0 Å². The molecule has 2 aromatic carbocycles. The van der Waals surface area contributed by atoms with Crippen LogP contribution in [0.3, 0.4) is 0 Å². The zero-order chi connectivity index (χ0) is 14.0. The lowest BCUT2D eigenvalue weighted by atomic mass is 10.1. The van der Waals surface area contributed by atoms with Gasteiger partial charge < -0.3 is 15.7 Å². The van der Waals surface area contributed by atoms with E-state index < -0.39 is 0 Å². The Balaban J connectivity index is 2.28. The van der Waals surface area contributed by atoms with E-state index in [2.05, 4.69) is 0 Å². The SMILES string of the molecule is Cc1ccc(C(=O)N(C)c2ccc(O)cc2)cc1N. The number of nitrogen functional groups attached to an aromatic ring is 1. The van der Waals surface area contributed by atoms with Crippen LogP contribution >= 0.6 is 0 Å². The molecule has 0 atom stereocenters. The van der Waals surface area contributed by atoms with Crippen molar-refractivity contribution in [2.75, 3.05) is 17.7 Å². The maximum atomic E-state index is 12.3. The summed E-state index contributed by atoms with van der Waals surface area (Å²) in [5.74, 6) is 0.0292. The number of nitrogens with two attached hydrogens (primary N) is 1. The van der Waals surface area contributed by atoms with Crippen molar-refractivity contribution >= 4 is 17.3 Å². The van der Waals surface area contributed by atoms with Crippen LogP contribution < -0.4 is 10.6 Å². The zero-order valence-corrected chi connectivity index (χ0v) is 10.9. The first-order valence-corrected chi connectivity index (χ1v) is 5.92. The highest BCUT2D eigenvalue weighted by molar-refractivity contribution is 6.06. The van der Waals surface area contributed by atoms with Crippen molar-refractivity contribution < 1.29 is 9.90 Å². The third kappa shape index (κ3) is 2.68. The number of carbonyl (C=O) groups is 1. The number of phenolic OH excluding ortho intramolecular Hbond substituents is 1. The van der Waals surface area contributed by atoms with Gasteiger partial charge in [-0.05, 0) is 48.9 Å². The number of aryl methyl sites for hydroxylation is 1. The van der Waals surface area contributed by atoms with E-state index in [0.717, 1.165) is 5.56 Å². The number of aromatic hydroxyl groups is 1. The van der Waals surface area contributed by atoms with Crippen molar-refractivity contribution in [3.05, 3.63) is 53.6 Å². The van der Waals surface area contributed by atoms with Gasteiger partial charge in [0.1, 0.15) is 5.75 Å². The minimum atomic E-state index is -0.141. The number of benzene rings is 2. The number of anilines is 2. The van der Waals surface area contributed by atoms with Gasteiger partial charge in [-0.15, -0.1) is 0 Å². The molecule has 0 heterocycles. The van der Waals surface area contributed by atoms with Gasteiger partial charge in [-0.1, -0.05) is 6.07 Å². The summed E-state index contributed by atoms with van der Waals surface area (Å²) in [6.45, 7) is 1.90. The predicted molar refractivity (Wildman–Crippen MR) is 76.4 cm³/mol. The van der Waals surface area contributed by atoms with Gasteiger partial charge in [0.15, 0.2) is 0 Å². The van der Waals surface area contributed by atoms with Gasteiger partial charge in [0.05, 0.1) is 0 Å². The van der Waals surface area contributed by atoms with Gasteiger partial charge >= 0.3 is 0 Å². The van der Waals surface area contributed by atoms with Gasteiger partial charge in [0, 0.05) is 24.0 Å². The molecule has 2 aromatic rings. The summed E-state index contributed by atoms with van der Waals surface area (Å²) in [7, 11) is 1.69. The number of carbonyl (C=O) groups excluding carboxylic acids is 1. The van der Waals surface area contributed by atoms with E-state index >= 15 is 0 Å². The molecule has 4 heteroatoms. The molecule has 0 unspecified atom stereocenters. The normalized spacial score (nSPS) is 10.2. The monoisotopic (exact) mass is 256 g/mol. The van der Waals surface area contributed by atoms with Crippen molar-refractivity contribution in [1.82, 2.24) is 0 Å². The Bertz CT molecular complexity index is 606. The highest BCUT2D eigenvalue weighted by atomic mass is 16.3. The molecule has 19 heavy (non-hydrogen) atoms. The number of phenols is 1. The van der Waals surface area contributed by atoms with Crippen LogP contribution in [0.25, 0.3) is 0 Å². The Morgan fingerprint density at radius 2 is 1.79 bits per heavy atom. The molecule has 0 aliphatic carbocycles. The average Bonchev–Trinajstić information content (AvgIpc) is 2.41. The summed E-state index contributed by atoms with van der Waals surface area (Å²) < 4.78 is 0. The molecule has 0 aromatic heterocycles. The second kappa shape index (κ2) is 5.02. The summed E-state index contributed by atoms with van der Waals surface area (Å²) in [5, 5.41) is 9.24. The van der Waals surface area contributed by atoms with Gasteiger partial charge in [-0.25, -0.2) is 0 Å². The minimum absolute atomic E-state index is 0.141. The lowest BCUT2D eigenvalue weighted by Gasteiger charge is -2.18. The summed E-state index contributed by atoms with van der Waals surface area (Å²) >= 11 is 0. The Hall–Kier alpha value is -2.49. The summed E-state index contributed by atoms with van der Waals surface area (Å²) in [6.07, 6.45) is 0. The second-order valence-corrected chi connectivity index (χ2v) is 4.45. The first-order valence-electron chi connectivity index (χ1n) is 5.92. The fourth-order valence-electron chi connectivity index (χ4n) is 1.76. The smallest absolute Gasteiger partial charge is 0.258 e. The first-order chi connectivity index (χ1) is 8.99. The third-order valence-corrected chi connectivity index (χ3v) is 3.07.